The molecule has 0 fully saturated rings. The molecule has 0 saturated heterocycles. The highest BCUT2D eigenvalue weighted by Crippen LogP contribution is 2.15. The third-order valence-electron chi connectivity index (χ3n) is 3.33. The number of nitrogens with zero attached hydrogens (tertiary/aromatic N) is 2. The van der Waals surface area contributed by atoms with Crippen molar-refractivity contribution < 1.29 is 0 Å². The standard InChI is InChI=1S/C16H22ClN3/c1-3-8-18-10-14-11-19-20(16(14)4-2)12-13-6-5-7-15(17)9-13/h5-7,9,11,18H,3-4,8,10,12H2,1-2H3. The highest BCUT2D eigenvalue weighted by atomic mass is 35.5. The molecule has 3 nitrogen and oxygen atoms in total. The molecule has 1 aromatic heterocycles. The molecule has 0 radical (unpaired) electrons. The Balaban J connectivity index is 2.11. The predicted molar refractivity (Wildman–Crippen MR) is 84.2 cm³/mol. The van der Waals surface area contributed by atoms with Gasteiger partial charge in [0.2, 0.25) is 0 Å². The van der Waals surface area contributed by atoms with E-state index in [-0.39, 0.29) is 0 Å². The van der Waals surface area contributed by atoms with Crippen molar-refractivity contribution in [3.8, 4) is 0 Å². The second-order valence-electron chi connectivity index (χ2n) is 4.93. The van der Waals surface area contributed by atoms with Gasteiger partial charge in [-0.25, -0.2) is 0 Å². The lowest BCUT2D eigenvalue weighted by Crippen LogP contribution is -2.15. The normalized spacial score (nSPS) is 10.9. The van der Waals surface area contributed by atoms with Gasteiger partial charge in [0.1, 0.15) is 0 Å². The van der Waals surface area contributed by atoms with Crippen LogP contribution in [0, 0.1) is 0 Å². The molecule has 0 atom stereocenters. The fourth-order valence-electron chi connectivity index (χ4n) is 2.35. The Labute approximate surface area is 126 Å². The first-order valence-corrected chi connectivity index (χ1v) is 7.61. The molecule has 4 heteroatoms. The fourth-order valence-corrected chi connectivity index (χ4v) is 2.56. The van der Waals surface area contributed by atoms with E-state index in [1.807, 2.05) is 24.4 Å². The van der Waals surface area contributed by atoms with Crippen LogP contribution >= 0.6 is 11.6 Å². The highest BCUT2D eigenvalue weighted by molar-refractivity contribution is 6.30. The highest BCUT2D eigenvalue weighted by Gasteiger charge is 2.09. The molecule has 0 amide bonds. The van der Waals surface area contributed by atoms with Gasteiger partial charge in [-0.2, -0.15) is 5.10 Å². The summed E-state index contributed by atoms with van der Waals surface area (Å²) < 4.78 is 2.08. The zero-order chi connectivity index (χ0) is 14.4. The minimum atomic E-state index is 0.775. The maximum absolute atomic E-state index is 6.03. The minimum Gasteiger partial charge on any atom is -0.313 e. The molecular formula is C16H22ClN3. The SMILES string of the molecule is CCCNCc1cnn(Cc2cccc(Cl)c2)c1CC. The number of halogens is 1. The summed E-state index contributed by atoms with van der Waals surface area (Å²) in [7, 11) is 0. The maximum atomic E-state index is 6.03. The van der Waals surface area contributed by atoms with Crippen molar-refractivity contribution in [1.29, 1.82) is 0 Å². The third-order valence-corrected chi connectivity index (χ3v) is 3.57. The van der Waals surface area contributed by atoms with E-state index < -0.39 is 0 Å². The molecular weight excluding hydrogens is 270 g/mol. The Kier molecular flexibility index (Phi) is 5.62. The monoisotopic (exact) mass is 291 g/mol. The van der Waals surface area contributed by atoms with Gasteiger partial charge in [0.25, 0.3) is 0 Å². The third kappa shape index (κ3) is 3.84. The van der Waals surface area contributed by atoms with Crippen molar-refractivity contribution in [3.05, 3.63) is 52.3 Å². The van der Waals surface area contributed by atoms with Gasteiger partial charge in [-0.3, -0.25) is 4.68 Å². The van der Waals surface area contributed by atoms with Gasteiger partial charge in [-0.05, 0) is 37.1 Å². The molecule has 0 unspecified atom stereocenters. The van der Waals surface area contributed by atoms with E-state index in [1.54, 1.807) is 0 Å². The zero-order valence-electron chi connectivity index (χ0n) is 12.2. The van der Waals surface area contributed by atoms with Crippen LogP contribution in [-0.4, -0.2) is 16.3 Å². The molecule has 0 saturated carbocycles. The molecule has 0 aliphatic heterocycles. The van der Waals surface area contributed by atoms with E-state index in [2.05, 4.69) is 35.0 Å². The van der Waals surface area contributed by atoms with Gasteiger partial charge in [0.05, 0.1) is 12.7 Å². The predicted octanol–water partition coefficient (Wildman–Crippen LogP) is 3.65. The summed E-state index contributed by atoms with van der Waals surface area (Å²) in [5.74, 6) is 0. The molecule has 0 spiro atoms. The van der Waals surface area contributed by atoms with Crippen LogP contribution in [-0.2, 0) is 19.5 Å². The number of rotatable bonds is 7. The topological polar surface area (TPSA) is 29.9 Å². The first kappa shape index (κ1) is 15.1. The number of hydrogen-bond acceptors (Lipinski definition) is 2. The van der Waals surface area contributed by atoms with Gasteiger partial charge >= 0.3 is 0 Å². The van der Waals surface area contributed by atoms with Crippen molar-refractivity contribution in [2.24, 2.45) is 0 Å². The van der Waals surface area contributed by atoms with Crippen molar-refractivity contribution in [3.63, 3.8) is 0 Å². The molecule has 1 N–H and O–H groups in total. The smallest absolute Gasteiger partial charge is 0.0663 e. The van der Waals surface area contributed by atoms with E-state index in [4.69, 9.17) is 11.6 Å². The van der Waals surface area contributed by atoms with E-state index in [9.17, 15) is 0 Å². The summed E-state index contributed by atoms with van der Waals surface area (Å²) in [6, 6.07) is 7.96. The Morgan fingerprint density at radius 2 is 2.15 bits per heavy atom. The van der Waals surface area contributed by atoms with Gasteiger partial charge in [0.15, 0.2) is 0 Å². The first-order chi connectivity index (χ1) is 9.74. The number of benzene rings is 1. The number of nitrogens with one attached hydrogen (secondary N) is 1. The van der Waals surface area contributed by atoms with Crippen LogP contribution in [0.5, 0.6) is 0 Å². The lowest BCUT2D eigenvalue weighted by Gasteiger charge is -2.09. The summed E-state index contributed by atoms with van der Waals surface area (Å²) in [5, 5.41) is 8.74. The summed E-state index contributed by atoms with van der Waals surface area (Å²) in [5.41, 5.74) is 3.78. The summed E-state index contributed by atoms with van der Waals surface area (Å²) in [6.07, 6.45) is 4.12. The molecule has 108 valence electrons. The lowest BCUT2D eigenvalue weighted by atomic mass is 10.2. The van der Waals surface area contributed by atoms with Crippen molar-refractivity contribution in [2.75, 3.05) is 6.54 Å². The molecule has 0 aliphatic rings. The van der Waals surface area contributed by atoms with Gasteiger partial charge in [-0.1, -0.05) is 37.6 Å². The van der Waals surface area contributed by atoms with Crippen molar-refractivity contribution in [2.45, 2.75) is 39.8 Å². The molecule has 0 bridgehead atoms. The summed E-state index contributed by atoms with van der Waals surface area (Å²) in [6.45, 7) is 7.07. The summed E-state index contributed by atoms with van der Waals surface area (Å²) in [4.78, 5) is 0. The molecule has 1 heterocycles. The van der Waals surface area contributed by atoms with Gasteiger partial charge < -0.3 is 5.32 Å². The van der Waals surface area contributed by atoms with E-state index >= 15 is 0 Å². The van der Waals surface area contributed by atoms with E-state index in [0.717, 1.165) is 37.5 Å². The van der Waals surface area contributed by atoms with Crippen LogP contribution in [0.1, 0.15) is 37.1 Å². The number of hydrogen-bond donors (Lipinski definition) is 1. The second-order valence-corrected chi connectivity index (χ2v) is 5.37. The van der Waals surface area contributed by atoms with E-state index in [0.29, 0.717) is 0 Å². The van der Waals surface area contributed by atoms with Gasteiger partial charge in [0, 0.05) is 22.8 Å². The molecule has 20 heavy (non-hydrogen) atoms. The Bertz CT molecular complexity index is 548. The van der Waals surface area contributed by atoms with Crippen LogP contribution in [0.2, 0.25) is 5.02 Å². The van der Waals surface area contributed by atoms with E-state index in [1.165, 1.54) is 16.8 Å². The molecule has 0 aliphatic carbocycles. The Morgan fingerprint density at radius 1 is 1.30 bits per heavy atom. The largest absolute Gasteiger partial charge is 0.313 e. The fraction of sp³-hybridized carbons (Fsp3) is 0.438. The lowest BCUT2D eigenvalue weighted by molar-refractivity contribution is 0.637. The number of aromatic nitrogens is 2. The van der Waals surface area contributed by atoms with Crippen molar-refractivity contribution in [1.82, 2.24) is 15.1 Å². The van der Waals surface area contributed by atoms with Crippen LogP contribution in [0.25, 0.3) is 0 Å². The average Bonchev–Trinajstić information content (AvgIpc) is 2.81. The van der Waals surface area contributed by atoms with Crippen LogP contribution < -0.4 is 5.32 Å². The van der Waals surface area contributed by atoms with Gasteiger partial charge in [-0.15, -0.1) is 0 Å². The van der Waals surface area contributed by atoms with Crippen LogP contribution in [0.3, 0.4) is 0 Å². The second kappa shape index (κ2) is 7.46. The summed E-state index contributed by atoms with van der Waals surface area (Å²) >= 11 is 6.03. The Morgan fingerprint density at radius 3 is 2.85 bits per heavy atom. The molecule has 1 aromatic carbocycles. The quantitative estimate of drug-likeness (QED) is 0.789. The van der Waals surface area contributed by atoms with Crippen LogP contribution in [0.4, 0.5) is 0 Å². The maximum Gasteiger partial charge on any atom is 0.0663 e. The van der Waals surface area contributed by atoms with Crippen molar-refractivity contribution >= 4 is 11.6 Å². The molecule has 2 rings (SSSR count). The Hall–Kier alpha value is -1.32. The average molecular weight is 292 g/mol. The molecule has 2 aromatic rings. The van der Waals surface area contributed by atoms with Crippen LogP contribution in [0.15, 0.2) is 30.5 Å². The minimum absolute atomic E-state index is 0.775. The zero-order valence-corrected chi connectivity index (χ0v) is 13.0. The first-order valence-electron chi connectivity index (χ1n) is 7.23.